The highest BCUT2D eigenvalue weighted by atomic mass is 16.2. The summed E-state index contributed by atoms with van der Waals surface area (Å²) < 4.78 is 0. The van der Waals surface area contributed by atoms with Gasteiger partial charge in [0.2, 0.25) is 0 Å². The van der Waals surface area contributed by atoms with E-state index >= 15 is 0 Å². The first-order valence-electron chi connectivity index (χ1n) is 9.08. The summed E-state index contributed by atoms with van der Waals surface area (Å²) in [5.74, 6) is 0.130. The molecule has 4 nitrogen and oxygen atoms in total. The molecule has 130 valence electrons. The zero-order valence-corrected chi connectivity index (χ0v) is 15.0. The van der Waals surface area contributed by atoms with Crippen molar-refractivity contribution in [1.29, 1.82) is 0 Å². The molecule has 0 bridgehead atoms. The van der Waals surface area contributed by atoms with Crippen LogP contribution in [-0.2, 0) is 0 Å². The van der Waals surface area contributed by atoms with E-state index in [4.69, 9.17) is 0 Å². The Bertz CT molecular complexity index is 778. The van der Waals surface area contributed by atoms with Gasteiger partial charge in [0.15, 0.2) is 0 Å². The van der Waals surface area contributed by atoms with Crippen LogP contribution in [0.4, 0.5) is 5.69 Å². The minimum absolute atomic E-state index is 0.130. The molecule has 4 rings (SSSR count). The van der Waals surface area contributed by atoms with E-state index in [-0.39, 0.29) is 5.91 Å². The van der Waals surface area contributed by atoms with Crippen molar-refractivity contribution in [3.05, 3.63) is 48.3 Å². The molecule has 1 amide bonds. The van der Waals surface area contributed by atoms with Gasteiger partial charge >= 0.3 is 0 Å². The van der Waals surface area contributed by atoms with Gasteiger partial charge in [0, 0.05) is 50.8 Å². The molecular formula is C21H25N3O. The van der Waals surface area contributed by atoms with Crippen LogP contribution in [0.15, 0.2) is 42.7 Å². The Hall–Kier alpha value is -2.36. The van der Waals surface area contributed by atoms with Crippen LogP contribution in [0.5, 0.6) is 0 Å². The molecule has 0 radical (unpaired) electrons. The lowest BCUT2D eigenvalue weighted by atomic mass is 9.94. The minimum atomic E-state index is 0.130. The highest BCUT2D eigenvalue weighted by Crippen LogP contribution is 2.52. The number of anilines is 1. The third-order valence-corrected chi connectivity index (χ3v) is 5.61. The molecule has 0 unspecified atom stereocenters. The maximum atomic E-state index is 12.9. The maximum Gasteiger partial charge on any atom is 0.255 e. The van der Waals surface area contributed by atoms with Crippen molar-refractivity contribution in [2.45, 2.75) is 25.7 Å². The van der Waals surface area contributed by atoms with Crippen molar-refractivity contribution in [1.82, 2.24) is 9.88 Å². The molecule has 1 saturated heterocycles. The largest absolute Gasteiger partial charge is 0.378 e. The quantitative estimate of drug-likeness (QED) is 0.855. The Kier molecular flexibility index (Phi) is 3.98. The molecule has 1 aromatic carbocycles. The van der Waals surface area contributed by atoms with E-state index in [0.717, 1.165) is 36.3 Å². The predicted molar refractivity (Wildman–Crippen MR) is 101 cm³/mol. The number of benzene rings is 1. The summed E-state index contributed by atoms with van der Waals surface area (Å²) in [4.78, 5) is 21.4. The highest BCUT2D eigenvalue weighted by molar-refractivity contribution is 5.95. The zero-order valence-electron chi connectivity index (χ0n) is 15.0. The van der Waals surface area contributed by atoms with Gasteiger partial charge < -0.3 is 9.80 Å². The van der Waals surface area contributed by atoms with Gasteiger partial charge in [-0.1, -0.05) is 12.1 Å². The second-order valence-electron chi connectivity index (χ2n) is 7.73. The number of amides is 1. The standard InChI is InChI=1S/C21H25N3O/c1-23(2)19-6-4-16(5-7-19)17-12-18(14-22-13-17)20(25)24-11-3-8-21(15-24)9-10-21/h4-7,12-14H,3,8-11,15H2,1-2H3. The second kappa shape index (κ2) is 6.17. The molecule has 4 heteroatoms. The number of nitrogens with zero attached hydrogens (tertiary/aromatic N) is 3. The first-order chi connectivity index (χ1) is 12.1. The maximum absolute atomic E-state index is 12.9. The smallest absolute Gasteiger partial charge is 0.255 e. The molecule has 0 atom stereocenters. The number of rotatable bonds is 3. The van der Waals surface area contributed by atoms with Crippen LogP contribution in [0, 0.1) is 5.41 Å². The van der Waals surface area contributed by atoms with E-state index in [1.165, 1.54) is 19.3 Å². The molecule has 2 aliphatic rings. The van der Waals surface area contributed by atoms with Gasteiger partial charge in [-0.05, 0) is 54.9 Å². The van der Waals surface area contributed by atoms with Gasteiger partial charge in [-0.15, -0.1) is 0 Å². The molecule has 2 fully saturated rings. The Morgan fingerprint density at radius 1 is 1.08 bits per heavy atom. The molecule has 1 aliphatic heterocycles. The summed E-state index contributed by atoms with van der Waals surface area (Å²) in [6, 6.07) is 10.3. The van der Waals surface area contributed by atoms with Crippen molar-refractivity contribution in [2.24, 2.45) is 5.41 Å². The van der Waals surface area contributed by atoms with Gasteiger partial charge in [0.05, 0.1) is 5.56 Å². The first-order valence-corrected chi connectivity index (χ1v) is 9.08. The second-order valence-corrected chi connectivity index (χ2v) is 7.73. The van der Waals surface area contributed by atoms with E-state index < -0.39 is 0 Å². The monoisotopic (exact) mass is 335 g/mol. The Morgan fingerprint density at radius 2 is 1.84 bits per heavy atom. The number of aromatic nitrogens is 1. The molecule has 25 heavy (non-hydrogen) atoms. The van der Waals surface area contributed by atoms with Crippen molar-refractivity contribution in [3.8, 4) is 11.1 Å². The summed E-state index contributed by atoms with van der Waals surface area (Å²) in [5, 5.41) is 0. The van der Waals surface area contributed by atoms with Crippen LogP contribution in [0.3, 0.4) is 0 Å². The Morgan fingerprint density at radius 3 is 2.52 bits per heavy atom. The Balaban J connectivity index is 1.55. The van der Waals surface area contributed by atoms with Crippen molar-refractivity contribution >= 4 is 11.6 Å². The lowest BCUT2D eigenvalue weighted by Crippen LogP contribution is -2.40. The average Bonchev–Trinajstić information content (AvgIpc) is 3.39. The summed E-state index contributed by atoms with van der Waals surface area (Å²) in [6.07, 6.45) is 8.52. The number of hydrogen-bond acceptors (Lipinski definition) is 3. The van der Waals surface area contributed by atoms with Crippen LogP contribution in [0.1, 0.15) is 36.0 Å². The average molecular weight is 335 g/mol. The number of hydrogen-bond donors (Lipinski definition) is 0. The van der Waals surface area contributed by atoms with E-state index in [0.29, 0.717) is 11.0 Å². The lowest BCUT2D eigenvalue weighted by molar-refractivity contribution is 0.0654. The number of piperidine rings is 1. The van der Waals surface area contributed by atoms with Gasteiger partial charge in [-0.2, -0.15) is 0 Å². The van der Waals surface area contributed by atoms with E-state index in [9.17, 15) is 4.79 Å². The zero-order chi connectivity index (χ0) is 17.4. The normalized spacial score (nSPS) is 18.2. The summed E-state index contributed by atoms with van der Waals surface area (Å²) in [5.41, 5.74) is 4.39. The minimum Gasteiger partial charge on any atom is -0.378 e. The van der Waals surface area contributed by atoms with Gasteiger partial charge in [-0.25, -0.2) is 0 Å². The predicted octanol–water partition coefficient (Wildman–Crippen LogP) is 3.83. The van der Waals surface area contributed by atoms with Crippen LogP contribution >= 0.6 is 0 Å². The van der Waals surface area contributed by atoms with Crippen LogP contribution < -0.4 is 4.90 Å². The van der Waals surface area contributed by atoms with Crippen LogP contribution in [0.2, 0.25) is 0 Å². The van der Waals surface area contributed by atoms with E-state index in [1.807, 2.05) is 31.3 Å². The Labute approximate surface area is 149 Å². The van der Waals surface area contributed by atoms with Gasteiger partial charge in [-0.3, -0.25) is 9.78 Å². The van der Waals surface area contributed by atoms with Gasteiger partial charge in [0.1, 0.15) is 0 Å². The fourth-order valence-electron chi connectivity index (χ4n) is 3.82. The molecule has 0 N–H and O–H groups in total. The van der Waals surface area contributed by atoms with Gasteiger partial charge in [0.25, 0.3) is 5.91 Å². The summed E-state index contributed by atoms with van der Waals surface area (Å²) in [7, 11) is 4.06. The fraction of sp³-hybridized carbons (Fsp3) is 0.429. The van der Waals surface area contributed by atoms with Crippen LogP contribution in [0.25, 0.3) is 11.1 Å². The molecular weight excluding hydrogens is 310 g/mol. The fourth-order valence-corrected chi connectivity index (χ4v) is 3.82. The van der Waals surface area contributed by atoms with Crippen molar-refractivity contribution < 1.29 is 4.79 Å². The number of likely N-dealkylation sites (tertiary alicyclic amines) is 1. The molecule has 2 heterocycles. The molecule has 1 saturated carbocycles. The SMILES string of the molecule is CN(C)c1ccc(-c2cncc(C(=O)N3CCCC4(CC4)C3)c2)cc1. The number of carbonyl (C=O) groups is 1. The van der Waals surface area contributed by atoms with E-state index in [2.05, 4.69) is 34.1 Å². The lowest BCUT2D eigenvalue weighted by Gasteiger charge is -2.33. The summed E-state index contributed by atoms with van der Waals surface area (Å²) >= 11 is 0. The summed E-state index contributed by atoms with van der Waals surface area (Å²) in [6.45, 7) is 1.80. The molecule has 2 aromatic rings. The third kappa shape index (κ3) is 3.26. The molecule has 1 aliphatic carbocycles. The van der Waals surface area contributed by atoms with Crippen molar-refractivity contribution in [2.75, 3.05) is 32.1 Å². The van der Waals surface area contributed by atoms with Crippen molar-refractivity contribution in [3.63, 3.8) is 0 Å². The highest BCUT2D eigenvalue weighted by Gasteiger charge is 2.46. The van der Waals surface area contributed by atoms with Crippen LogP contribution in [-0.4, -0.2) is 43.0 Å². The topological polar surface area (TPSA) is 36.4 Å². The molecule has 1 aromatic heterocycles. The third-order valence-electron chi connectivity index (χ3n) is 5.61. The number of pyridine rings is 1. The van der Waals surface area contributed by atoms with E-state index in [1.54, 1.807) is 6.20 Å². The molecule has 1 spiro atoms. The first kappa shape index (κ1) is 16.1. The number of carbonyl (C=O) groups excluding carboxylic acids is 1.